The highest BCUT2D eigenvalue weighted by Crippen LogP contribution is 2.43. The van der Waals surface area contributed by atoms with Gasteiger partial charge in [-0.1, -0.05) is 63.1 Å². The summed E-state index contributed by atoms with van der Waals surface area (Å²) in [5.74, 6) is -2.12. The number of piperazine rings is 1. The van der Waals surface area contributed by atoms with Crippen LogP contribution in [0.25, 0.3) is 0 Å². The van der Waals surface area contributed by atoms with Crippen LogP contribution in [0.3, 0.4) is 0 Å². The van der Waals surface area contributed by atoms with Gasteiger partial charge in [-0.05, 0) is 101 Å². The van der Waals surface area contributed by atoms with Crippen LogP contribution in [0.2, 0.25) is 0 Å². The molecule has 4 aliphatic rings. The second-order valence-electron chi connectivity index (χ2n) is 21.6. The fourth-order valence-electron chi connectivity index (χ4n) is 9.73. The molecular formula is C56H86N10O13. The Morgan fingerprint density at radius 1 is 0.861 bits per heavy atom. The van der Waals surface area contributed by atoms with Crippen LogP contribution in [0.5, 0.6) is 0 Å². The van der Waals surface area contributed by atoms with Crippen molar-refractivity contribution >= 4 is 53.4 Å². The number of allylic oxidation sites excluding steroid dienone is 2. The minimum atomic E-state index is -1.01. The molecule has 0 aliphatic carbocycles. The number of epoxide rings is 1. The van der Waals surface area contributed by atoms with Crippen LogP contribution in [0.4, 0.5) is 20.1 Å². The summed E-state index contributed by atoms with van der Waals surface area (Å²) in [6.45, 7) is 13.5. The first kappa shape index (κ1) is 63.3. The lowest BCUT2D eigenvalue weighted by Crippen LogP contribution is -2.54. The van der Waals surface area contributed by atoms with Gasteiger partial charge in [0.15, 0.2) is 0 Å². The van der Waals surface area contributed by atoms with Crippen LogP contribution in [0, 0.1) is 11.8 Å². The summed E-state index contributed by atoms with van der Waals surface area (Å²) < 4.78 is 29.3. The van der Waals surface area contributed by atoms with Gasteiger partial charge in [-0.25, -0.2) is 14.4 Å². The Labute approximate surface area is 464 Å². The van der Waals surface area contributed by atoms with Crippen LogP contribution >= 0.6 is 0 Å². The van der Waals surface area contributed by atoms with Gasteiger partial charge in [0.05, 0.1) is 49.1 Å². The lowest BCUT2D eigenvalue weighted by molar-refractivity contribution is -0.132. The molecule has 4 saturated heterocycles. The predicted molar refractivity (Wildman–Crippen MR) is 294 cm³/mol. The molecule has 23 nitrogen and oxygen atoms in total. The van der Waals surface area contributed by atoms with E-state index in [1.54, 1.807) is 45.0 Å². The monoisotopic (exact) mass is 1110 g/mol. The zero-order valence-electron chi connectivity index (χ0n) is 46.8. The normalized spacial score (nSPS) is 24.3. The van der Waals surface area contributed by atoms with Crippen LogP contribution < -0.4 is 43.8 Å². The highest BCUT2D eigenvalue weighted by molar-refractivity contribution is 5.98. The molecule has 438 valence electrons. The molecule has 10 atom stereocenters. The first-order valence-corrected chi connectivity index (χ1v) is 27.8. The number of ether oxygens (including phenoxy) is 5. The third-order valence-corrected chi connectivity index (χ3v) is 14.5. The molecule has 23 heteroatoms. The number of urea groups is 1. The number of benzene rings is 1. The van der Waals surface area contributed by atoms with Crippen LogP contribution in [0.1, 0.15) is 118 Å². The molecule has 4 aliphatic heterocycles. The van der Waals surface area contributed by atoms with E-state index in [4.69, 9.17) is 40.9 Å². The first-order valence-electron chi connectivity index (χ1n) is 27.8. The molecule has 2 unspecified atom stereocenters. The van der Waals surface area contributed by atoms with Gasteiger partial charge in [0.2, 0.25) is 29.5 Å². The van der Waals surface area contributed by atoms with Gasteiger partial charge in [0.1, 0.15) is 24.8 Å². The fourth-order valence-corrected chi connectivity index (χ4v) is 9.73. The smallest absolute Gasteiger partial charge is 0.410 e. The molecule has 0 bridgehead atoms. The number of primary amides is 2. The number of nitrogens with one attached hydrogen (secondary N) is 5. The van der Waals surface area contributed by atoms with Crippen molar-refractivity contribution in [3.8, 4) is 0 Å². The number of anilines is 1. The summed E-state index contributed by atoms with van der Waals surface area (Å²) in [4.78, 5) is 104. The van der Waals surface area contributed by atoms with Crippen molar-refractivity contribution in [1.82, 2.24) is 31.1 Å². The summed E-state index contributed by atoms with van der Waals surface area (Å²) in [5.41, 5.74) is 18.1. The molecule has 11 N–H and O–H groups in total. The third-order valence-electron chi connectivity index (χ3n) is 14.5. The van der Waals surface area contributed by atoms with E-state index in [9.17, 15) is 38.4 Å². The standard InChI is InChI=1S/C56H86N10O13/c1-35(2)50(64-48(68)12-8-7-9-23-57)52(71)63-44(11-10-24-60-53(59)72)51(70)61-41-18-16-40(17-19-41)33-75-54(73)65-25-27-66(28-26-65)55(74)77-38(5)15-22-49(69)62-45-29-37(4)46(78-39(45)6)21-14-36(3)13-20-42-31-56(34-76-56)32-43(79-42)30-47(58)67/h13-20,22,35,37-39,42-46,50H,7-12,21,23-34,57H2,1-6H3,(H2,58,67)(H,61,70)(H,62,69)(H,63,71)(H,64,68)(H3,59,60,72)/b20-13+,22-15-,36-14+/t37-,38-,39+,42?,43+,44-,45+,46?,50-,56+/m0/s1. The molecule has 0 saturated carbocycles. The number of unbranched alkanes of at least 4 members (excludes halogenated alkanes) is 2. The second kappa shape index (κ2) is 31.3. The highest BCUT2D eigenvalue weighted by atomic mass is 16.6. The zero-order valence-corrected chi connectivity index (χ0v) is 46.8. The van der Waals surface area contributed by atoms with Crippen molar-refractivity contribution in [3.05, 3.63) is 65.8 Å². The number of carbonyl (C=O) groups is 8. The zero-order chi connectivity index (χ0) is 57.6. The maximum absolute atomic E-state index is 13.5. The van der Waals surface area contributed by atoms with Crippen LogP contribution in [-0.4, -0.2) is 158 Å². The summed E-state index contributed by atoms with van der Waals surface area (Å²) in [6, 6.07) is 3.80. The van der Waals surface area contributed by atoms with E-state index in [1.165, 1.54) is 22.0 Å². The van der Waals surface area contributed by atoms with E-state index < -0.39 is 48.2 Å². The van der Waals surface area contributed by atoms with E-state index in [0.29, 0.717) is 50.1 Å². The predicted octanol–water partition coefficient (Wildman–Crippen LogP) is 3.94. The van der Waals surface area contributed by atoms with Gasteiger partial charge in [0, 0.05) is 63.7 Å². The summed E-state index contributed by atoms with van der Waals surface area (Å²) in [7, 11) is 0. The molecule has 1 spiro atoms. The van der Waals surface area contributed by atoms with Crippen LogP contribution in [0.15, 0.2) is 60.2 Å². The number of amides is 9. The third kappa shape index (κ3) is 21.9. The topological polar surface area (TPSA) is 331 Å². The maximum atomic E-state index is 13.5. The molecular weight excluding hydrogens is 1020 g/mol. The molecule has 0 radical (unpaired) electrons. The SMILES string of the molecule is CC(/C=C/C1C[C@]2(CO2)C[C@@H](CC(N)=O)O1)=C\CC1O[C@H](C)[C@H](NC(=O)/C=C\[C@H](C)OC(=O)N2CCN(C(=O)OCc3ccc(NC(=O)[C@H](CCCNC(N)=O)NC(=O)[C@@H](NC(=O)CCCCCN)C(C)C)cc3)CC2)C[C@@H]1C. The average molecular weight is 1110 g/mol. The Bertz CT molecular complexity index is 2320. The second-order valence-corrected chi connectivity index (χ2v) is 21.6. The van der Waals surface area contributed by atoms with Crippen molar-refractivity contribution in [2.75, 3.05) is 51.2 Å². The Morgan fingerprint density at radius 2 is 1.56 bits per heavy atom. The molecule has 9 amide bonds. The number of nitrogens with two attached hydrogens (primary N) is 3. The quantitative estimate of drug-likeness (QED) is 0.0268. The van der Waals surface area contributed by atoms with E-state index in [-0.39, 0.29) is 124 Å². The van der Waals surface area contributed by atoms with E-state index in [2.05, 4.69) is 39.6 Å². The van der Waals surface area contributed by atoms with Gasteiger partial charge >= 0.3 is 18.2 Å². The van der Waals surface area contributed by atoms with Gasteiger partial charge in [-0.3, -0.25) is 24.0 Å². The fraction of sp³-hybridized carbons (Fsp3) is 0.643. The van der Waals surface area contributed by atoms with Crippen LogP contribution in [-0.2, 0) is 54.3 Å². The largest absolute Gasteiger partial charge is 0.445 e. The van der Waals surface area contributed by atoms with Crippen molar-refractivity contribution < 1.29 is 62.0 Å². The maximum Gasteiger partial charge on any atom is 0.410 e. The van der Waals surface area contributed by atoms with Crippen molar-refractivity contribution in [3.63, 3.8) is 0 Å². The number of rotatable bonds is 27. The molecule has 79 heavy (non-hydrogen) atoms. The molecule has 0 aromatic heterocycles. The molecule has 5 rings (SSSR count). The Hall–Kier alpha value is -6.56. The van der Waals surface area contributed by atoms with Gasteiger partial charge in [0.25, 0.3) is 0 Å². The molecule has 1 aromatic rings. The molecule has 1 aromatic carbocycles. The van der Waals surface area contributed by atoms with Gasteiger partial charge < -0.3 is 77.3 Å². The Morgan fingerprint density at radius 3 is 2.20 bits per heavy atom. The van der Waals surface area contributed by atoms with Crippen molar-refractivity contribution in [2.24, 2.45) is 29.0 Å². The minimum Gasteiger partial charge on any atom is -0.445 e. The van der Waals surface area contributed by atoms with E-state index >= 15 is 0 Å². The summed E-state index contributed by atoms with van der Waals surface area (Å²) in [6.07, 6.45) is 12.5. The van der Waals surface area contributed by atoms with Gasteiger partial charge in [-0.2, -0.15) is 0 Å². The van der Waals surface area contributed by atoms with Crippen molar-refractivity contribution in [2.45, 2.75) is 173 Å². The number of carbonyl (C=O) groups excluding carboxylic acids is 8. The Balaban J connectivity index is 0.989. The van der Waals surface area contributed by atoms with E-state index in [0.717, 1.165) is 31.3 Å². The number of nitrogens with zero attached hydrogens (tertiary/aromatic N) is 2. The lowest BCUT2D eigenvalue weighted by atomic mass is 9.88. The molecule has 4 heterocycles. The molecule has 4 fully saturated rings. The van der Waals surface area contributed by atoms with Crippen molar-refractivity contribution in [1.29, 1.82) is 0 Å². The average Bonchev–Trinajstić information content (AvgIpc) is 4.16. The minimum absolute atomic E-state index is 0.0323. The summed E-state index contributed by atoms with van der Waals surface area (Å²) >= 11 is 0. The first-order chi connectivity index (χ1) is 37.6. The highest BCUT2D eigenvalue weighted by Gasteiger charge is 2.51. The number of hydrogen-bond donors (Lipinski definition) is 8. The Kier molecular flexibility index (Phi) is 25.1. The number of hydrogen-bond acceptors (Lipinski definition) is 14. The lowest BCUT2D eigenvalue weighted by Gasteiger charge is -2.39. The van der Waals surface area contributed by atoms with Gasteiger partial charge in [-0.15, -0.1) is 0 Å². The van der Waals surface area contributed by atoms with E-state index in [1.807, 2.05) is 26.0 Å². The summed E-state index contributed by atoms with van der Waals surface area (Å²) in [5, 5.41) is 13.9.